The molecule has 0 fully saturated rings. The van der Waals surface area contributed by atoms with Gasteiger partial charge in [0.25, 0.3) is 0 Å². The molecular weight excluding hydrogens is 226 g/mol. The molecule has 3 rings (SSSR count). The van der Waals surface area contributed by atoms with Gasteiger partial charge in [-0.2, -0.15) is 5.10 Å². The minimum atomic E-state index is 0.724. The fourth-order valence-corrected chi connectivity index (χ4v) is 1.90. The van der Waals surface area contributed by atoms with Crippen LogP contribution in [-0.4, -0.2) is 9.78 Å². The van der Waals surface area contributed by atoms with Crippen molar-refractivity contribution in [3.8, 4) is 11.5 Å². The highest BCUT2D eigenvalue weighted by Crippen LogP contribution is 2.29. The highest BCUT2D eigenvalue weighted by atomic mass is 16.5. The van der Waals surface area contributed by atoms with E-state index in [1.54, 1.807) is 0 Å². The molecule has 2 aromatic carbocycles. The Morgan fingerprint density at radius 1 is 1.11 bits per heavy atom. The van der Waals surface area contributed by atoms with Gasteiger partial charge in [-0.25, -0.2) is 0 Å². The van der Waals surface area contributed by atoms with Crippen molar-refractivity contribution < 1.29 is 4.74 Å². The molecule has 0 saturated heterocycles. The van der Waals surface area contributed by atoms with Crippen LogP contribution in [0.3, 0.4) is 0 Å². The van der Waals surface area contributed by atoms with Crippen molar-refractivity contribution in [2.24, 2.45) is 7.05 Å². The lowest BCUT2D eigenvalue weighted by Gasteiger charge is -2.07. The normalized spacial score (nSPS) is 10.7. The summed E-state index contributed by atoms with van der Waals surface area (Å²) in [6, 6.07) is 13.2. The second-order valence-electron chi connectivity index (χ2n) is 4.13. The zero-order valence-electron chi connectivity index (χ0n) is 10.00. The molecule has 0 atom stereocenters. The van der Waals surface area contributed by atoms with Crippen LogP contribution in [0.4, 0.5) is 5.69 Å². The van der Waals surface area contributed by atoms with E-state index >= 15 is 0 Å². The van der Waals surface area contributed by atoms with Crippen molar-refractivity contribution in [1.82, 2.24) is 9.78 Å². The third-order valence-corrected chi connectivity index (χ3v) is 2.86. The van der Waals surface area contributed by atoms with Gasteiger partial charge in [0.2, 0.25) is 0 Å². The maximum atomic E-state index is 5.85. The Labute approximate surface area is 105 Å². The number of benzene rings is 2. The van der Waals surface area contributed by atoms with E-state index in [9.17, 15) is 0 Å². The number of anilines is 1. The Balaban J connectivity index is 2.02. The molecule has 0 spiro atoms. The van der Waals surface area contributed by atoms with Gasteiger partial charge in [0.05, 0.1) is 17.1 Å². The summed E-state index contributed by atoms with van der Waals surface area (Å²) in [7, 11) is 1.91. The summed E-state index contributed by atoms with van der Waals surface area (Å²) in [5.41, 5.74) is 7.41. The average molecular weight is 239 g/mol. The number of hydrogen-bond acceptors (Lipinski definition) is 3. The Morgan fingerprint density at radius 3 is 2.67 bits per heavy atom. The molecule has 0 aliphatic rings. The van der Waals surface area contributed by atoms with Gasteiger partial charge in [-0.05, 0) is 36.4 Å². The summed E-state index contributed by atoms with van der Waals surface area (Å²) in [5.74, 6) is 1.56. The quantitative estimate of drug-likeness (QED) is 0.699. The van der Waals surface area contributed by atoms with Crippen molar-refractivity contribution in [3.05, 3.63) is 48.7 Å². The van der Waals surface area contributed by atoms with E-state index in [1.807, 2.05) is 60.4 Å². The largest absolute Gasteiger partial charge is 0.457 e. The summed E-state index contributed by atoms with van der Waals surface area (Å²) >= 11 is 0. The topological polar surface area (TPSA) is 53.1 Å². The lowest BCUT2D eigenvalue weighted by Crippen LogP contribution is -1.89. The maximum Gasteiger partial charge on any atom is 0.138 e. The second kappa shape index (κ2) is 4.07. The van der Waals surface area contributed by atoms with Crippen molar-refractivity contribution in [1.29, 1.82) is 0 Å². The highest BCUT2D eigenvalue weighted by molar-refractivity contribution is 5.85. The number of aryl methyl sites for hydroxylation is 1. The fourth-order valence-electron chi connectivity index (χ4n) is 1.90. The number of hydrogen-bond donors (Lipinski definition) is 1. The van der Waals surface area contributed by atoms with Crippen LogP contribution in [0, 0.1) is 0 Å². The van der Waals surface area contributed by atoms with Crippen LogP contribution in [0.2, 0.25) is 0 Å². The second-order valence-corrected chi connectivity index (χ2v) is 4.13. The van der Waals surface area contributed by atoms with E-state index in [4.69, 9.17) is 10.5 Å². The van der Waals surface area contributed by atoms with Crippen LogP contribution in [-0.2, 0) is 7.05 Å². The van der Waals surface area contributed by atoms with E-state index in [2.05, 4.69) is 5.10 Å². The molecule has 1 aromatic heterocycles. The molecule has 0 aliphatic carbocycles. The molecule has 4 heteroatoms. The van der Waals surface area contributed by atoms with Crippen LogP contribution < -0.4 is 10.5 Å². The molecular formula is C14H13N3O. The zero-order valence-corrected chi connectivity index (χ0v) is 10.00. The van der Waals surface area contributed by atoms with Gasteiger partial charge in [-0.15, -0.1) is 0 Å². The number of aromatic nitrogens is 2. The monoisotopic (exact) mass is 239 g/mol. The van der Waals surface area contributed by atoms with Gasteiger partial charge < -0.3 is 10.5 Å². The number of nitrogens with two attached hydrogens (primary N) is 1. The first-order valence-corrected chi connectivity index (χ1v) is 5.68. The molecule has 0 amide bonds. The van der Waals surface area contributed by atoms with Gasteiger partial charge >= 0.3 is 0 Å². The first-order chi connectivity index (χ1) is 8.74. The van der Waals surface area contributed by atoms with Crippen LogP contribution >= 0.6 is 0 Å². The third-order valence-electron chi connectivity index (χ3n) is 2.86. The zero-order chi connectivity index (χ0) is 12.5. The molecule has 0 saturated carbocycles. The molecule has 0 unspecified atom stereocenters. The number of rotatable bonds is 2. The summed E-state index contributed by atoms with van der Waals surface area (Å²) in [5, 5.41) is 5.23. The predicted molar refractivity (Wildman–Crippen MR) is 71.6 cm³/mol. The van der Waals surface area contributed by atoms with E-state index in [0.717, 1.165) is 28.1 Å². The minimum Gasteiger partial charge on any atom is -0.457 e. The minimum absolute atomic E-state index is 0.724. The molecule has 0 bridgehead atoms. The van der Waals surface area contributed by atoms with Crippen LogP contribution in [0.5, 0.6) is 11.5 Å². The van der Waals surface area contributed by atoms with Crippen LogP contribution in [0.25, 0.3) is 10.9 Å². The SMILES string of the molecule is Cn1ncc2c(Oc3ccc(N)cc3)cccc21. The van der Waals surface area contributed by atoms with Crippen molar-refractivity contribution in [2.75, 3.05) is 5.73 Å². The van der Waals surface area contributed by atoms with E-state index in [0.29, 0.717) is 0 Å². The fraction of sp³-hybridized carbons (Fsp3) is 0.0714. The average Bonchev–Trinajstić information content (AvgIpc) is 2.76. The number of nitrogens with zero attached hydrogens (tertiary/aromatic N) is 2. The molecule has 90 valence electrons. The molecule has 2 N–H and O–H groups in total. The molecule has 1 heterocycles. The summed E-state index contributed by atoms with van der Waals surface area (Å²) in [4.78, 5) is 0. The number of fused-ring (bicyclic) bond motifs is 1. The Morgan fingerprint density at radius 2 is 1.89 bits per heavy atom. The lowest BCUT2D eigenvalue weighted by atomic mass is 10.2. The van der Waals surface area contributed by atoms with E-state index in [-0.39, 0.29) is 0 Å². The Bertz CT molecular complexity index is 686. The van der Waals surface area contributed by atoms with E-state index in [1.165, 1.54) is 0 Å². The molecule has 0 radical (unpaired) electrons. The smallest absolute Gasteiger partial charge is 0.138 e. The maximum absolute atomic E-state index is 5.85. The predicted octanol–water partition coefficient (Wildman–Crippen LogP) is 2.95. The number of ether oxygens (including phenoxy) is 1. The summed E-state index contributed by atoms with van der Waals surface area (Å²) in [6.45, 7) is 0. The summed E-state index contributed by atoms with van der Waals surface area (Å²) < 4.78 is 7.68. The van der Waals surface area contributed by atoms with Gasteiger partial charge in [0, 0.05) is 12.7 Å². The molecule has 3 aromatic rings. The Hall–Kier alpha value is -2.49. The first kappa shape index (κ1) is 10.7. The molecule has 18 heavy (non-hydrogen) atoms. The third kappa shape index (κ3) is 1.78. The van der Waals surface area contributed by atoms with Gasteiger partial charge in [0.1, 0.15) is 11.5 Å². The van der Waals surface area contributed by atoms with Crippen LogP contribution in [0.1, 0.15) is 0 Å². The van der Waals surface area contributed by atoms with Gasteiger partial charge in [0.15, 0.2) is 0 Å². The molecule has 4 nitrogen and oxygen atoms in total. The Kier molecular flexibility index (Phi) is 2.41. The van der Waals surface area contributed by atoms with Crippen molar-refractivity contribution >= 4 is 16.6 Å². The standard InChI is InChI=1S/C14H13N3O/c1-17-13-3-2-4-14(12(13)9-16-17)18-11-7-5-10(15)6-8-11/h2-9H,15H2,1H3. The van der Waals surface area contributed by atoms with Crippen LogP contribution in [0.15, 0.2) is 48.7 Å². The molecule has 0 aliphatic heterocycles. The van der Waals surface area contributed by atoms with Crippen molar-refractivity contribution in [3.63, 3.8) is 0 Å². The highest BCUT2D eigenvalue weighted by Gasteiger charge is 2.06. The lowest BCUT2D eigenvalue weighted by molar-refractivity contribution is 0.488. The van der Waals surface area contributed by atoms with E-state index < -0.39 is 0 Å². The van der Waals surface area contributed by atoms with Gasteiger partial charge in [-0.3, -0.25) is 4.68 Å². The summed E-state index contributed by atoms with van der Waals surface area (Å²) in [6.07, 6.45) is 1.81. The van der Waals surface area contributed by atoms with Gasteiger partial charge in [-0.1, -0.05) is 6.07 Å². The first-order valence-electron chi connectivity index (χ1n) is 5.68. The van der Waals surface area contributed by atoms with Crippen molar-refractivity contribution in [2.45, 2.75) is 0 Å². The number of nitrogen functional groups attached to an aromatic ring is 1.